The minimum absolute atomic E-state index is 0.00943. The molecule has 2 atom stereocenters. The largest absolute Gasteiger partial charge is 0.465 e. The van der Waals surface area contributed by atoms with E-state index in [1.165, 1.54) is 12.8 Å². The number of rotatable bonds is 7. The smallest absolute Gasteiger partial charge is 0.215 e. The van der Waals surface area contributed by atoms with Crippen molar-refractivity contribution in [1.29, 1.82) is 0 Å². The highest BCUT2D eigenvalue weighted by molar-refractivity contribution is 7.89. The van der Waals surface area contributed by atoms with Crippen LogP contribution in [0.25, 0.3) is 0 Å². The molecule has 0 bridgehead atoms. The molecule has 5 nitrogen and oxygen atoms in total. The van der Waals surface area contributed by atoms with Gasteiger partial charge >= 0.3 is 0 Å². The van der Waals surface area contributed by atoms with E-state index in [1.54, 1.807) is 4.31 Å². The van der Waals surface area contributed by atoms with E-state index >= 15 is 0 Å². The van der Waals surface area contributed by atoms with Gasteiger partial charge in [-0.15, -0.1) is 0 Å². The van der Waals surface area contributed by atoms with Crippen LogP contribution in [0.1, 0.15) is 63.0 Å². The molecule has 3 rings (SSSR count). The number of hydrogen-bond acceptors (Lipinski definition) is 4. The van der Waals surface area contributed by atoms with Crippen LogP contribution in [0, 0.1) is 12.8 Å². The Morgan fingerprint density at radius 2 is 2.00 bits per heavy atom. The van der Waals surface area contributed by atoms with Crippen molar-refractivity contribution in [3.63, 3.8) is 0 Å². The van der Waals surface area contributed by atoms with Crippen LogP contribution in [-0.4, -0.2) is 37.7 Å². The quantitative estimate of drug-likeness (QED) is 0.749. The van der Waals surface area contributed by atoms with Gasteiger partial charge in [0.2, 0.25) is 10.0 Å². The molecule has 0 aromatic carbocycles. The van der Waals surface area contributed by atoms with Crippen molar-refractivity contribution in [3.05, 3.63) is 23.7 Å². The summed E-state index contributed by atoms with van der Waals surface area (Å²) >= 11 is 0. The van der Waals surface area contributed by atoms with Crippen molar-refractivity contribution in [1.82, 2.24) is 4.31 Å². The second-order valence-electron chi connectivity index (χ2n) is 7.34. The molecule has 1 saturated heterocycles. The Kier molecular flexibility index (Phi) is 5.67. The maximum Gasteiger partial charge on any atom is 0.215 e. The summed E-state index contributed by atoms with van der Waals surface area (Å²) in [4.78, 5) is 0. The zero-order valence-electron chi connectivity index (χ0n) is 14.7. The van der Waals surface area contributed by atoms with Crippen LogP contribution in [0.5, 0.6) is 0 Å². The zero-order valence-corrected chi connectivity index (χ0v) is 15.6. The Balaban J connectivity index is 1.59. The lowest BCUT2D eigenvalue weighted by atomic mass is 10.2. The van der Waals surface area contributed by atoms with Gasteiger partial charge in [-0.25, -0.2) is 8.42 Å². The highest BCUT2D eigenvalue weighted by Crippen LogP contribution is 2.35. The zero-order chi connectivity index (χ0) is 17.2. The van der Waals surface area contributed by atoms with E-state index in [0.29, 0.717) is 19.3 Å². The summed E-state index contributed by atoms with van der Waals surface area (Å²) in [5.41, 5.74) is 0. The standard InChI is InChI=1S/C18H29NO4S/c1-14(12-22-16-6-3-4-7-16)13-24(20,21)19-11-5-8-17(19)18-10-9-15(2)23-18/h9-10,14,16-17H,3-8,11-13H2,1-2H3/t14-,17-/m0/s1. The van der Waals surface area contributed by atoms with Gasteiger partial charge in [-0.1, -0.05) is 19.8 Å². The third kappa shape index (κ3) is 4.21. The normalized spacial score (nSPS) is 24.7. The van der Waals surface area contributed by atoms with E-state index < -0.39 is 10.0 Å². The van der Waals surface area contributed by atoms with Crippen LogP contribution < -0.4 is 0 Å². The SMILES string of the molecule is Cc1ccc([C@@H]2CCCN2S(=O)(=O)C[C@@H](C)COC2CCCC2)o1. The first-order valence-electron chi connectivity index (χ1n) is 9.13. The number of hydrogen-bond donors (Lipinski definition) is 0. The van der Waals surface area contributed by atoms with Gasteiger partial charge in [0.05, 0.1) is 24.5 Å². The van der Waals surface area contributed by atoms with Crippen molar-refractivity contribution in [2.45, 2.75) is 64.5 Å². The second kappa shape index (κ2) is 7.58. The Morgan fingerprint density at radius 3 is 2.67 bits per heavy atom. The average Bonchev–Trinajstić information content (AvgIpc) is 3.25. The molecule has 136 valence electrons. The Bertz CT molecular complexity index is 633. The lowest BCUT2D eigenvalue weighted by Gasteiger charge is -2.25. The van der Waals surface area contributed by atoms with Gasteiger partial charge < -0.3 is 9.15 Å². The first kappa shape index (κ1) is 18.0. The Morgan fingerprint density at radius 1 is 1.25 bits per heavy atom. The lowest BCUT2D eigenvalue weighted by Crippen LogP contribution is -2.35. The molecule has 1 aromatic heterocycles. The number of furan rings is 1. The Labute approximate surface area is 145 Å². The molecule has 0 radical (unpaired) electrons. The van der Waals surface area contributed by atoms with E-state index in [2.05, 4.69) is 0 Å². The van der Waals surface area contributed by atoms with Gasteiger partial charge in [0, 0.05) is 6.54 Å². The van der Waals surface area contributed by atoms with Crippen LogP contribution >= 0.6 is 0 Å². The molecule has 6 heteroatoms. The third-order valence-electron chi connectivity index (χ3n) is 5.06. The Hall–Kier alpha value is -0.850. The van der Waals surface area contributed by atoms with Crippen LogP contribution in [-0.2, 0) is 14.8 Å². The van der Waals surface area contributed by atoms with Gasteiger partial charge in [-0.2, -0.15) is 4.31 Å². The molecule has 0 unspecified atom stereocenters. The molecule has 0 N–H and O–H groups in total. The highest BCUT2D eigenvalue weighted by atomic mass is 32.2. The second-order valence-corrected chi connectivity index (χ2v) is 9.31. The number of nitrogens with zero attached hydrogens (tertiary/aromatic N) is 1. The summed E-state index contributed by atoms with van der Waals surface area (Å²) in [6.45, 7) is 4.97. The minimum atomic E-state index is -3.30. The number of sulfonamides is 1. The van der Waals surface area contributed by atoms with Crippen LogP contribution in [0.3, 0.4) is 0 Å². The first-order valence-corrected chi connectivity index (χ1v) is 10.7. The molecule has 0 amide bonds. The predicted octanol–water partition coefficient (Wildman–Crippen LogP) is 3.65. The molecule has 2 heterocycles. The van der Waals surface area contributed by atoms with Gasteiger partial charge in [0.1, 0.15) is 11.5 Å². The van der Waals surface area contributed by atoms with E-state index in [-0.39, 0.29) is 17.7 Å². The molecule has 24 heavy (non-hydrogen) atoms. The fraction of sp³-hybridized carbons (Fsp3) is 0.778. The van der Waals surface area contributed by atoms with Crippen LogP contribution in [0.4, 0.5) is 0 Å². The van der Waals surface area contributed by atoms with Gasteiger partial charge in [0.25, 0.3) is 0 Å². The summed E-state index contributed by atoms with van der Waals surface area (Å²) in [7, 11) is -3.30. The number of ether oxygens (including phenoxy) is 1. The van der Waals surface area contributed by atoms with E-state index in [4.69, 9.17) is 9.15 Å². The maximum atomic E-state index is 12.9. The molecule has 1 aliphatic carbocycles. The predicted molar refractivity (Wildman–Crippen MR) is 93.3 cm³/mol. The molecular formula is C18H29NO4S. The van der Waals surface area contributed by atoms with Gasteiger partial charge in [-0.3, -0.25) is 0 Å². The maximum absolute atomic E-state index is 12.9. The third-order valence-corrected chi connectivity index (χ3v) is 7.21. The van der Waals surface area contributed by atoms with Crippen molar-refractivity contribution in [2.24, 2.45) is 5.92 Å². The molecule has 1 aliphatic heterocycles. The fourth-order valence-corrected chi connectivity index (χ4v) is 5.86. The summed E-state index contributed by atoms with van der Waals surface area (Å²) in [5, 5.41) is 0. The first-order chi connectivity index (χ1) is 11.5. The topological polar surface area (TPSA) is 59.8 Å². The van der Waals surface area contributed by atoms with Crippen LogP contribution in [0.2, 0.25) is 0 Å². The molecule has 1 aromatic rings. The van der Waals surface area contributed by atoms with Crippen molar-refractivity contribution in [3.8, 4) is 0 Å². The van der Waals surface area contributed by atoms with E-state index in [1.807, 2.05) is 26.0 Å². The van der Waals surface area contributed by atoms with Crippen molar-refractivity contribution >= 4 is 10.0 Å². The van der Waals surface area contributed by atoms with Crippen molar-refractivity contribution < 1.29 is 17.6 Å². The summed E-state index contributed by atoms with van der Waals surface area (Å²) in [5.74, 6) is 1.75. The monoisotopic (exact) mass is 355 g/mol. The fourth-order valence-electron chi connectivity index (χ4n) is 3.85. The van der Waals surface area contributed by atoms with E-state index in [9.17, 15) is 8.42 Å². The molecule has 0 spiro atoms. The summed E-state index contributed by atoms with van der Waals surface area (Å²) < 4.78 is 38.9. The lowest BCUT2D eigenvalue weighted by molar-refractivity contribution is 0.0410. The minimum Gasteiger partial charge on any atom is -0.465 e. The molecule has 1 saturated carbocycles. The number of aryl methyl sites for hydroxylation is 1. The summed E-state index contributed by atoms with van der Waals surface area (Å²) in [6, 6.07) is 3.66. The molecule has 2 aliphatic rings. The highest BCUT2D eigenvalue weighted by Gasteiger charge is 2.37. The molecular weight excluding hydrogens is 326 g/mol. The van der Waals surface area contributed by atoms with E-state index in [0.717, 1.165) is 37.2 Å². The van der Waals surface area contributed by atoms with Gasteiger partial charge in [0.15, 0.2) is 0 Å². The van der Waals surface area contributed by atoms with Crippen molar-refractivity contribution in [2.75, 3.05) is 18.9 Å². The van der Waals surface area contributed by atoms with Gasteiger partial charge in [-0.05, 0) is 50.7 Å². The summed E-state index contributed by atoms with van der Waals surface area (Å²) in [6.07, 6.45) is 6.75. The van der Waals surface area contributed by atoms with Crippen LogP contribution in [0.15, 0.2) is 16.5 Å². The average molecular weight is 356 g/mol. The molecule has 2 fully saturated rings.